The van der Waals surface area contributed by atoms with E-state index in [1.807, 2.05) is 73.7 Å². The molecule has 1 aromatic heterocycles. The number of ether oxygens (including phenoxy) is 3. The lowest BCUT2D eigenvalue weighted by atomic mass is 10.1. The zero-order chi connectivity index (χ0) is 28.2. The van der Waals surface area contributed by atoms with Gasteiger partial charge in [0.1, 0.15) is 22.8 Å². The zero-order valence-corrected chi connectivity index (χ0v) is 22.6. The van der Waals surface area contributed by atoms with Gasteiger partial charge in [0.2, 0.25) is 0 Å². The molecule has 0 fully saturated rings. The molecule has 4 aromatic rings. The van der Waals surface area contributed by atoms with E-state index in [0.29, 0.717) is 36.3 Å². The SMILES string of the molecule is C=CC(=O)OCCCCCCOc1ccc(C(=C)Oc2ccc(C)c(/C=N/Nc3nc4ccccc4o3)c2)cc1. The predicted octanol–water partition coefficient (Wildman–Crippen LogP) is 7.30. The van der Waals surface area contributed by atoms with E-state index in [4.69, 9.17) is 18.6 Å². The molecule has 0 saturated heterocycles. The number of hydrogen-bond acceptors (Lipinski definition) is 8. The van der Waals surface area contributed by atoms with Crippen LogP contribution >= 0.6 is 0 Å². The Morgan fingerprint density at radius 3 is 2.52 bits per heavy atom. The Labute approximate surface area is 234 Å². The maximum Gasteiger partial charge on any atom is 0.330 e. The molecule has 0 unspecified atom stereocenters. The number of carbonyl (C=O) groups is 1. The Bertz CT molecular complexity index is 1440. The molecule has 40 heavy (non-hydrogen) atoms. The molecular weight excluding hydrogens is 506 g/mol. The molecule has 4 rings (SSSR count). The highest BCUT2D eigenvalue weighted by molar-refractivity contribution is 5.83. The first kappa shape index (κ1) is 28.2. The van der Waals surface area contributed by atoms with E-state index in [1.54, 1.807) is 6.21 Å². The summed E-state index contributed by atoms with van der Waals surface area (Å²) < 4.78 is 22.5. The first-order valence-electron chi connectivity index (χ1n) is 13.2. The van der Waals surface area contributed by atoms with Gasteiger partial charge in [-0.05, 0) is 86.7 Å². The fourth-order valence-corrected chi connectivity index (χ4v) is 3.82. The lowest BCUT2D eigenvalue weighted by Gasteiger charge is -2.12. The number of oxazole rings is 1. The van der Waals surface area contributed by atoms with E-state index in [0.717, 1.165) is 53.6 Å². The minimum Gasteiger partial charge on any atom is -0.494 e. The molecule has 8 heteroatoms. The highest BCUT2D eigenvalue weighted by Gasteiger charge is 2.07. The van der Waals surface area contributed by atoms with Crippen molar-refractivity contribution in [1.82, 2.24) is 4.98 Å². The fraction of sp³-hybridized carbons (Fsp3) is 0.219. The van der Waals surface area contributed by atoms with Gasteiger partial charge in [0.05, 0.1) is 19.4 Å². The lowest BCUT2D eigenvalue weighted by molar-refractivity contribution is -0.137. The van der Waals surface area contributed by atoms with E-state index < -0.39 is 0 Å². The average molecular weight is 540 g/mol. The third-order valence-corrected chi connectivity index (χ3v) is 6.04. The number of hydrazone groups is 1. The summed E-state index contributed by atoms with van der Waals surface area (Å²) in [5.74, 6) is 1.59. The van der Waals surface area contributed by atoms with Gasteiger partial charge in [-0.15, -0.1) is 0 Å². The van der Waals surface area contributed by atoms with Crippen molar-refractivity contribution in [2.45, 2.75) is 32.6 Å². The Balaban J connectivity index is 1.22. The second kappa shape index (κ2) is 14.3. The van der Waals surface area contributed by atoms with Gasteiger partial charge in [-0.1, -0.05) is 31.4 Å². The Kier molecular flexibility index (Phi) is 10.1. The molecule has 1 heterocycles. The maximum absolute atomic E-state index is 11.0. The van der Waals surface area contributed by atoms with Crippen molar-refractivity contribution in [2.24, 2.45) is 5.10 Å². The van der Waals surface area contributed by atoms with Crippen LogP contribution in [0.1, 0.15) is 42.4 Å². The van der Waals surface area contributed by atoms with E-state index in [2.05, 4.69) is 28.7 Å². The van der Waals surface area contributed by atoms with Gasteiger partial charge in [0.15, 0.2) is 5.58 Å². The number of benzene rings is 3. The molecular formula is C32H33N3O5. The normalized spacial score (nSPS) is 10.9. The molecule has 0 bridgehead atoms. The number of carbonyl (C=O) groups excluding carboxylic acids is 1. The van der Waals surface area contributed by atoms with Gasteiger partial charge >= 0.3 is 12.0 Å². The number of rotatable bonds is 15. The van der Waals surface area contributed by atoms with Crippen LogP contribution in [0, 0.1) is 6.92 Å². The van der Waals surface area contributed by atoms with Gasteiger partial charge in [0.25, 0.3) is 0 Å². The van der Waals surface area contributed by atoms with Crippen LogP contribution < -0.4 is 14.9 Å². The number of unbranched alkanes of at least 4 members (excludes halogenated alkanes) is 3. The monoisotopic (exact) mass is 539 g/mol. The van der Waals surface area contributed by atoms with E-state index in [-0.39, 0.29) is 5.97 Å². The molecule has 0 amide bonds. The van der Waals surface area contributed by atoms with E-state index in [9.17, 15) is 4.79 Å². The molecule has 0 aliphatic carbocycles. The van der Waals surface area contributed by atoms with Crippen LogP contribution in [0.15, 0.2) is 95.5 Å². The molecule has 0 atom stereocenters. The van der Waals surface area contributed by atoms with Crippen molar-refractivity contribution >= 4 is 35.1 Å². The molecule has 0 aliphatic heterocycles. The Morgan fingerprint density at radius 1 is 1.00 bits per heavy atom. The third kappa shape index (κ3) is 8.33. The van der Waals surface area contributed by atoms with Crippen molar-refractivity contribution in [1.29, 1.82) is 0 Å². The summed E-state index contributed by atoms with van der Waals surface area (Å²) in [6.07, 6.45) is 6.62. The molecule has 1 N–H and O–H groups in total. The fourth-order valence-electron chi connectivity index (χ4n) is 3.82. The summed E-state index contributed by atoms with van der Waals surface area (Å²) >= 11 is 0. The highest BCUT2D eigenvalue weighted by Crippen LogP contribution is 2.24. The predicted molar refractivity (Wildman–Crippen MR) is 158 cm³/mol. The number of aryl methyl sites for hydroxylation is 1. The summed E-state index contributed by atoms with van der Waals surface area (Å²) in [6, 6.07) is 21.3. The Morgan fingerprint density at radius 2 is 1.75 bits per heavy atom. The number of fused-ring (bicyclic) bond motifs is 1. The molecule has 206 valence electrons. The summed E-state index contributed by atoms with van der Waals surface area (Å²) in [6.45, 7) is 10.5. The molecule has 0 saturated carbocycles. The minimum absolute atomic E-state index is 0.326. The van der Waals surface area contributed by atoms with Crippen molar-refractivity contribution in [2.75, 3.05) is 18.6 Å². The quantitative estimate of drug-likeness (QED) is 0.0423. The second-order valence-corrected chi connectivity index (χ2v) is 9.06. The van der Waals surface area contributed by atoms with Gasteiger partial charge < -0.3 is 18.6 Å². The average Bonchev–Trinajstić information content (AvgIpc) is 3.39. The van der Waals surface area contributed by atoms with Gasteiger partial charge in [-0.3, -0.25) is 0 Å². The third-order valence-electron chi connectivity index (χ3n) is 6.04. The number of aromatic nitrogens is 1. The van der Waals surface area contributed by atoms with Gasteiger partial charge in [-0.25, -0.2) is 10.2 Å². The zero-order valence-electron chi connectivity index (χ0n) is 22.6. The summed E-state index contributed by atoms with van der Waals surface area (Å²) in [5.41, 5.74) is 7.08. The van der Waals surface area contributed by atoms with Crippen molar-refractivity contribution < 1.29 is 23.4 Å². The van der Waals surface area contributed by atoms with Crippen LogP contribution in [0.3, 0.4) is 0 Å². The van der Waals surface area contributed by atoms with Crippen molar-refractivity contribution in [3.05, 3.63) is 103 Å². The molecule has 0 spiro atoms. The van der Waals surface area contributed by atoms with Gasteiger partial charge in [0, 0.05) is 17.2 Å². The highest BCUT2D eigenvalue weighted by atomic mass is 16.5. The maximum atomic E-state index is 11.0. The standard InChI is InChI=1S/C32H33N3O5/c1-4-31(36)38-20-10-6-5-9-19-37-27-17-14-25(15-18-27)24(3)39-28-16-13-23(2)26(21-28)22-33-35-32-34-29-11-7-8-12-30(29)40-32/h4,7-8,11-18,21-22H,1,3,5-6,9-10,19-20H2,2H3,(H,34,35)/b33-22+. The van der Waals surface area contributed by atoms with Crippen LogP contribution in [0.5, 0.6) is 11.5 Å². The number of anilines is 1. The van der Waals surface area contributed by atoms with Crippen molar-refractivity contribution in [3.8, 4) is 11.5 Å². The first-order valence-corrected chi connectivity index (χ1v) is 13.2. The molecule has 8 nitrogen and oxygen atoms in total. The summed E-state index contributed by atoms with van der Waals surface area (Å²) in [4.78, 5) is 15.4. The van der Waals surface area contributed by atoms with Crippen LogP contribution in [0.25, 0.3) is 16.9 Å². The Hall–Kier alpha value is -4.85. The van der Waals surface area contributed by atoms with Crippen LogP contribution in [0.4, 0.5) is 6.01 Å². The summed E-state index contributed by atoms with van der Waals surface area (Å²) in [5, 5.41) is 4.27. The number of nitrogens with zero attached hydrogens (tertiary/aromatic N) is 2. The number of nitrogens with one attached hydrogen (secondary N) is 1. The van der Waals surface area contributed by atoms with Crippen LogP contribution in [0.2, 0.25) is 0 Å². The van der Waals surface area contributed by atoms with Gasteiger partial charge in [-0.2, -0.15) is 10.1 Å². The van der Waals surface area contributed by atoms with E-state index in [1.165, 1.54) is 6.08 Å². The largest absolute Gasteiger partial charge is 0.494 e. The summed E-state index contributed by atoms with van der Waals surface area (Å²) in [7, 11) is 0. The minimum atomic E-state index is -0.375. The molecule has 0 aliphatic rings. The smallest absolute Gasteiger partial charge is 0.330 e. The van der Waals surface area contributed by atoms with Crippen LogP contribution in [-0.4, -0.2) is 30.4 Å². The lowest BCUT2D eigenvalue weighted by Crippen LogP contribution is -2.02. The number of esters is 1. The van der Waals surface area contributed by atoms with Crippen LogP contribution in [-0.2, 0) is 9.53 Å². The topological polar surface area (TPSA) is 95.2 Å². The molecule has 3 aromatic carbocycles. The van der Waals surface area contributed by atoms with Crippen molar-refractivity contribution in [3.63, 3.8) is 0 Å². The molecule has 0 radical (unpaired) electrons. The first-order chi connectivity index (χ1) is 19.5. The van der Waals surface area contributed by atoms with E-state index >= 15 is 0 Å². The number of hydrogen-bond donors (Lipinski definition) is 1. The second-order valence-electron chi connectivity index (χ2n) is 9.06. The number of para-hydroxylation sites is 2.